The number of rotatable bonds is 10. The summed E-state index contributed by atoms with van der Waals surface area (Å²) in [5, 5.41) is 13.6. The molecule has 7 heteroatoms. The Kier molecular flexibility index (Phi) is 8.20. The van der Waals surface area contributed by atoms with Gasteiger partial charge in [0.1, 0.15) is 0 Å². The summed E-state index contributed by atoms with van der Waals surface area (Å²) in [5.74, 6) is 1.88. The van der Waals surface area contributed by atoms with Crippen LogP contribution >= 0.6 is 34.4 Å². The Morgan fingerprint density at radius 1 is 1.04 bits per heavy atom. The van der Waals surface area contributed by atoms with E-state index in [2.05, 4.69) is 27.5 Å². The van der Waals surface area contributed by atoms with Crippen molar-refractivity contribution in [2.75, 3.05) is 18.8 Å². The van der Waals surface area contributed by atoms with Gasteiger partial charge < -0.3 is 10.6 Å². The topological polar surface area (TPSA) is 58.2 Å². The quantitative estimate of drug-likeness (QED) is 0.632. The van der Waals surface area contributed by atoms with E-state index in [0.717, 1.165) is 11.5 Å². The van der Waals surface area contributed by atoms with E-state index in [4.69, 9.17) is 0 Å². The van der Waals surface area contributed by atoms with E-state index in [1.54, 1.807) is 17.4 Å². The first kappa shape index (κ1) is 18.0. The SMILES string of the molecule is O=C(CCCNC(=O)c1ccsc1)NCCSCc1ccsc1. The van der Waals surface area contributed by atoms with Crippen LogP contribution in [0.3, 0.4) is 0 Å². The molecule has 2 amide bonds. The Labute approximate surface area is 148 Å². The van der Waals surface area contributed by atoms with E-state index in [1.807, 2.05) is 22.5 Å². The number of carbonyl (C=O) groups is 2. The van der Waals surface area contributed by atoms with Gasteiger partial charge >= 0.3 is 0 Å². The predicted molar refractivity (Wildman–Crippen MR) is 99.4 cm³/mol. The summed E-state index contributed by atoms with van der Waals surface area (Å²) < 4.78 is 0. The first-order valence-electron chi connectivity index (χ1n) is 7.41. The monoisotopic (exact) mass is 368 g/mol. The summed E-state index contributed by atoms with van der Waals surface area (Å²) in [7, 11) is 0. The summed E-state index contributed by atoms with van der Waals surface area (Å²) >= 11 is 5.03. The van der Waals surface area contributed by atoms with Crippen molar-refractivity contribution in [2.24, 2.45) is 0 Å². The molecule has 0 atom stereocenters. The van der Waals surface area contributed by atoms with Crippen LogP contribution in [-0.4, -0.2) is 30.7 Å². The maximum atomic E-state index is 11.7. The van der Waals surface area contributed by atoms with Crippen LogP contribution in [0.2, 0.25) is 0 Å². The molecule has 2 N–H and O–H groups in total. The molecule has 0 aliphatic rings. The molecule has 2 heterocycles. The number of hydrogen-bond acceptors (Lipinski definition) is 5. The third-order valence-corrected chi connectivity index (χ3v) is 5.51. The molecule has 0 aliphatic heterocycles. The highest BCUT2D eigenvalue weighted by molar-refractivity contribution is 7.98. The number of thioether (sulfide) groups is 1. The van der Waals surface area contributed by atoms with E-state index in [1.165, 1.54) is 16.9 Å². The minimum Gasteiger partial charge on any atom is -0.355 e. The molecule has 0 aromatic carbocycles. The van der Waals surface area contributed by atoms with Gasteiger partial charge in [0.25, 0.3) is 5.91 Å². The van der Waals surface area contributed by atoms with E-state index >= 15 is 0 Å². The number of carbonyl (C=O) groups excluding carboxylic acids is 2. The van der Waals surface area contributed by atoms with Crippen LogP contribution in [0.5, 0.6) is 0 Å². The molecule has 0 radical (unpaired) electrons. The second-order valence-corrected chi connectivity index (χ2v) is 7.57. The van der Waals surface area contributed by atoms with Gasteiger partial charge in [-0.1, -0.05) is 0 Å². The Balaban J connectivity index is 1.44. The molecule has 0 aliphatic carbocycles. The minimum atomic E-state index is -0.0727. The van der Waals surface area contributed by atoms with Gasteiger partial charge in [-0.05, 0) is 40.3 Å². The van der Waals surface area contributed by atoms with Gasteiger partial charge in [-0.2, -0.15) is 34.4 Å². The van der Waals surface area contributed by atoms with Crippen molar-refractivity contribution >= 4 is 46.2 Å². The third-order valence-electron chi connectivity index (χ3n) is 3.07. The molecular weight excluding hydrogens is 348 g/mol. The van der Waals surface area contributed by atoms with Crippen LogP contribution in [0.1, 0.15) is 28.8 Å². The Bertz CT molecular complexity index is 583. The molecule has 0 saturated carbocycles. The zero-order valence-corrected chi connectivity index (χ0v) is 15.2. The molecule has 4 nitrogen and oxygen atoms in total. The lowest BCUT2D eigenvalue weighted by molar-refractivity contribution is -0.121. The molecule has 2 aromatic heterocycles. The Hall–Kier alpha value is -1.31. The van der Waals surface area contributed by atoms with Crippen molar-refractivity contribution in [2.45, 2.75) is 18.6 Å². The molecule has 2 rings (SSSR count). The van der Waals surface area contributed by atoms with Gasteiger partial charge in [0.15, 0.2) is 0 Å². The molecule has 0 unspecified atom stereocenters. The predicted octanol–water partition coefficient (Wildman–Crippen LogP) is 3.37. The number of amides is 2. The Morgan fingerprint density at radius 2 is 1.87 bits per heavy atom. The smallest absolute Gasteiger partial charge is 0.252 e. The highest BCUT2D eigenvalue weighted by atomic mass is 32.2. The lowest BCUT2D eigenvalue weighted by atomic mass is 10.2. The fourth-order valence-electron chi connectivity index (χ4n) is 1.86. The minimum absolute atomic E-state index is 0.0471. The van der Waals surface area contributed by atoms with Gasteiger partial charge in [0.2, 0.25) is 5.91 Å². The van der Waals surface area contributed by atoms with E-state index in [-0.39, 0.29) is 11.8 Å². The van der Waals surface area contributed by atoms with Crippen LogP contribution in [0.25, 0.3) is 0 Å². The van der Waals surface area contributed by atoms with Gasteiger partial charge in [0, 0.05) is 42.0 Å². The largest absolute Gasteiger partial charge is 0.355 e. The molecular formula is C16H20N2O2S3. The second kappa shape index (κ2) is 10.5. The molecule has 0 saturated heterocycles. The highest BCUT2D eigenvalue weighted by Gasteiger charge is 2.05. The average molecular weight is 369 g/mol. The van der Waals surface area contributed by atoms with Gasteiger partial charge in [-0.3, -0.25) is 9.59 Å². The summed E-state index contributed by atoms with van der Waals surface area (Å²) in [5.41, 5.74) is 2.02. The van der Waals surface area contributed by atoms with Crippen molar-refractivity contribution in [1.82, 2.24) is 10.6 Å². The van der Waals surface area contributed by atoms with Crippen molar-refractivity contribution in [1.29, 1.82) is 0 Å². The molecule has 2 aromatic rings. The summed E-state index contributed by atoms with van der Waals surface area (Å²) in [6.07, 6.45) is 1.10. The van der Waals surface area contributed by atoms with Crippen LogP contribution in [-0.2, 0) is 10.5 Å². The van der Waals surface area contributed by atoms with E-state index in [9.17, 15) is 9.59 Å². The maximum Gasteiger partial charge on any atom is 0.252 e. The fraction of sp³-hybridized carbons (Fsp3) is 0.375. The van der Waals surface area contributed by atoms with Gasteiger partial charge in [0.05, 0.1) is 0 Å². The van der Waals surface area contributed by atoms with E-state index in [0.29, 0.717) is 31.5 Å². The van der Waals surface area contributed by atoms with Crippen molar-refractivity contribution < 1.29 is 9.59 Å². The molecule has 124 valence electrons. The standard InChI is InChI=1S/C16H20N2O2S3/c19-15(17-6-9-23-11-13-3-7-21-10-13)2-1-5-18-16(20)14-4-8-22-12-14/h3-4,7-8,10,12H,1-2,5-6,9,11H2,(H,17,19)(H,18,20). The summed E-state index contributed by atoms with van der Waals surface area (Å²) in [6.45, 7) is 1.21. The van der Waals surface area contributed by atoms with Gasteiger partial charge in [-0.25, -0.2) is 0 Å². The third kappa shape index (κ3) is 7.20. The second-order valence-electron chi connectivity index (χ2n) is 4.91. The van der Waals surface area contributed by atoms with E-state index < -0.39 is 0 Å². The number of hydrogen-bond donors (Lipinski definition) is 2. The first-order valence-corrected chi connectivity index (χ1v) is 10.5. The molecule has 0 spiro atoms. The highest BCUT2D eigenvalue weighted by Crippen LogP contribution is 2.14. The number of thiophene rings is 2. The molecule has 0 bridgehead atoms. The molecule has 0 fully saturated rings. The average Bonchev–Trinajstić information content (AvgIpc) is 3.24. The zero-order chi connectivity index (χ0) is 16.3. The van der Waals surface area contributed by atoms with Gasteiger partial charge in [-0.15, -0.1) is 0 Å². The first-order chi connectivity index (χ1) is 11.3. The van der Waals surface area contributed by atoms with Crippen molar-refractivity contribution in [3.63, 3.8) is 0 Å². The lowest BCUT2D eigenvalue weighted by Gasteiger charge is -2.06. The summed E-state index contributed by atoms with van der Waals surface area (Å²) in [4.78, 5) is 23.4. The summed E-state index contributed by atoms with van der Waals surface area (Å²) in [6, 6.07) is 3.92. The van der Waals surface area contributed by atoms with Crippen LogP contribution in [0.15, 0.2) is 33.7 Å². The maximum absolute atomic E-state index is 11.7. The van der Waals surface area contributed by atoms with Crippen LogP contribution < -0.4 is 10.6 Å². The zero-order valence-electron chi connectivity index (χ0n) is 12.7. The van der Waals surface area contributed by atoms with Crippen LogP contribution in [0, 0.1) is 0 Å². The number of nitrogens with one attached hydrogen (secondary N) is 2. The molecule has 23 heavy (non-hydrogen) atoms. The van der Waals surface area contributed by atoms with Crippen LogP contribution in [0.4, 0.5) is 0 Å². The van der Waals surface area contributed by atoms with Crippen molar-refractivity contribution in [3.8, 4) is 0 Å². The normalized spacial score (nSPS) is 10.4. The fourth-order valence-corrected chi connectivity index (χ4v) is 4.08. The lowest BCUT2D eigenvalue weighted by Crippen LogP contribution is -2.28. The Morgan fingerprint density at radius 3 is 2.61 bits per heavy atom. The van der Waals surface area contributed by atoms with Crippen molar-refractivity contribution in [3.05, 3.63) is 44.8 Å².